The molecule has 0 unspecified atom stereocenters. The summed E-state index contributed by atoms with van der Waals surface area (Å²) < 4.78 is 5.32. The van der Waals surface area contributed by atoms with Gasteiger partial charge in [0.05, 0.1) is 6.20 Å². The number of oxazole rings is 1. The number of aryl methyl sites for hydroxylation is 2. The lowest BCUT2D eigenvalue weighted by Gasteiger charge is -2.07. The van der Waals surface area contributed by atoms with Crippen molar-refractivity contribution in [1.82, 2.24) is 4.98 Å². The van der Waals surface area contributed by atoms with Gasteiger partial charge in [-0.3, -0.25) is 0 Å². The van der Waals surface area contributed by atoms with E-state index in [-0.39, 0.29) is 0 Å². The molecule has 0 saturated carbocycles. The van der Waals surface area contributed by atoms with Crippen molar-refractivity contribution in [3.8, 4) is 11.5 Å². The third kappa shape index (κ3) is 3.22. The van der Waals surface area contributed by atoms with Gasteiger partial charge in [0.2, 0.25) is 5.89 Å². The van der Waals surface area contributed by atoms with E-state index in [0.717, 1.165) is 5.56 Å². The fourth-order valence-corrected chi connectivity index (χ4v) is 2.22. The smallest absolute Gasteiger partial charge is 0.225 e. The van der Waals surface area contributed by atoms with Gasteiger partial charge in [-0.25, -0.2) is 4.98 Å². The Morgan fingerprint density at radius 3 is 2.72 bits per heavy atom. The molecule has 2 heteroatoms. The Balaban J connectivity index is 2.01. The summed E-state index contributed by atoms with van der Waals surface area (Å²) in [5.41, 5.74) is 3.85. The third-order valence-corrected chi connectivity index (χ3v) is 3.32. The Morgan fingerprint density at radius 1 is 1.17 bits per heavy atom. The normalized spacial score (nSPS) is 10.8. The van der Waals surface area contributed by atoms with Crippen LogP contribution in [0.25, 0.3) is 11.5 Å². The highest BCUT2D eigenvalue weighted by Gasteiger charge is 2.05. The Kier molecular flexibility index (Phi) is 4.57. The molecule has 96 valence electrons. The van der Waals surface area contributed by atoms with Crippen molar-refractivity contribution in [2.24, 2.45) is 0 Å². The van der Waals surface area contributed by atoms with E-state index in [1.54, 1.807) is 12.5 Å². The first-order valence-corrected chi connectivity index (χ1v) is 6.80. The van der Waals surface area contributed by atoms with Crippen molar-refractivity contribution in [3.63, 3.8) is 0 Å². The van der Waals surface area contributed by atoms with Crippen LogP contribution in [0.2, 0.25) is 0 Å². The van der Waals surface area contributed by atoms with Gasteiger partial charge < -0.3 is 4.42 Å². The number of hydrogen-bond donors (Lipinski definition) is 0. The van der Waals surface area contributed by atoms with Crippen LogP contribution in [0, 0.1) is 6.92 Å². The third-order valence-electron chi connectivity index (χ3n) is 3.32. The molecule has 0 aliphatic rings. The van der Waals surface area contributed by atoms with Gasteiger partial charge in [-0.05, 0) is 43.0 Å². The number of aromatic nitrogens is 1. The summed E-state index contributed by atoms with van der Waals surface area (Å²) in [5, 5.41) is 0. The summed E-state index contributed by atoms with van der Waals surface area (Å²) in [6.45, 7) is 4.41. The second-order valence-corrected chi connectivity index (χ2v) is 4.79. The first-order valence-electron chi connectivity index (χ1n) is 6.80. The van der Waals surface area contributed by atoms with Crippen molar-refractivity contribution >= 4 is 0 Å². The SMILES string of the molecule is CCCCCCc1ccc(-c2ncco2)cc1C. The van der Waals surface area contributed by atoms with Gasteiger partial charge in [-0.1, -0.05) is 32.3 Å². The van der Waals surface area contributed by atoms with Gasteiger partial charge in [0.1, 0.15) is 6.26 Å². The number of benzene rings is 1. The Morgan fingerprint density at radius 2 is 2.06 bits per heavy atom. The largest absolute Gasteiger partial charge is 0.445 e. The minimum absolute atomic E-state index is 0.704. The van der Waals surface area contributed by atoms with Crippen molar-refractivity contribution in [3.05, 3.63) is 41.8 Å². The zero-order valence-corrected chi connectivity index (χ0v) is 11.3. The fraction of sp³-hybridized carbons (Fsp3) is 0.438. The quantitative estimate of drug-likeness (QED) is 0.683. The molecule has 0 N–H and O–H groups in total. The Bertz CT molecular complexity index is 474. The Hall–Kier alpha value is -1.57. The van der Waals surface area contributed by atoms with Gasteiger partial charge in [-0.15, -0.1) is 0 Å². The summed E-state index contributed by atoms with van der Waals surface area (Å²) >= 11 is 0. The maximum atomic E-state index is 5.32. The van der Waals surface area contributed by atoms with Crippen molar-refractivity contribution in [2.45, 2.75) is 46.0 Å². The summed E-state index contributed by atoms with van der Waals surface area (Å²) in [6, 6.07) is 6.48. The fourth-order valence-electron chi connectivity index (χ4n) is 2.22. The predicted molar refractivity (Wildman–Crippen MR) is 74.5 cm³/mol. The van der Waals surface area contributed by atoms with E-state index in [9.17, 15) is 0 Å². The summed E-state index contributed by atoms with van der Waals surface area (Å²) in [4.78, 5) is 4.18. The lowest BCUT2D eigenvalue weighted by Crippen LogP contribution is -1.91. The second kappa shape index (κ2) is 6.39. The van der Waals surface area contributed by atoms with Crippen LogP contribution in [-0.2, 0) is 6.42 Å². The van der Waals surface area contributed by atoms with Gasteiger partial charge in [0, 0.05) is 5.56 Å². The predicted octanol–water partition coefficient (Wildman–Crippen LogP) is 4.77. The van der Waals surface area contributed by atoms with Gasteiger partial charge in [0.25, 0.3) is 0 Å². The Labute approximate surface area is 109 Å². The molecule has 0 atom stereocenters. The molecular formula is C16H21NO. The van der Waals surface area contributed by atoms with E-state index in [0.29, 0.717) is 5.89 Å². The first-order chi connectivity index (χ1) is 8.81. The molecule has 1 aromatic heterocycles. The highest BCUT2D eigenvalue weighted by molar-refractivity contribution is 5.55. The zero-order chi connectivity index (χ0) is 12.8. The number of unbranched alkanes of at least 4 members (excludes halogenated alkanes) is 3. The topological polar surface area (TPSA) is 26.0 Å². The van der Waals surface area contributed by atoms with E-state index in [1.807, 2.05) is 0 Å². The molecule has 0 saturated heterocycles. The monoisotopic (exact) mass is 243 g/mol. The minimum Gasteiger partial charge on any atom is -0.445 e. The van der Waals surface area contributed by atoms with Crippen LogP contribution < -0.4 is 0 Å². The number of rotatable bonds is 6. The second-order valence-electron chi connectivity index (χ2n) is 4.79. The van der Waals surface area contributed by atoms with E-state index >= 15 is 0 Å². The molecule has 0 radical (unpaired) electrons. The highest BCUT2D eigenvalue weighted by atomic mass is 16.3. The van der Waals surface area contributed by atoms with Gasteiger partial charge in [-0.2, -0.15) is 0 Å². The molecule has 0 fully saturated rings. The molecule has 2 nitrogen and oxygen atoms in total. The maximum absolute atomic E-state index is 5.32. The molecule has 0 spiro atoms. The van der Waals surface area contributed by atoms with E-state index in [2.05, 4.69) is 37.0 Å². The molecule has 2 aromatic rings. The number of nitrogens with zero attached hydrogens (tertiary/aromatic N) is 1. The van der Waals surface area contributed by atoms with E-state index < -0.39 is 0 Å². The standard InChI is InChI=1S/C16H21NO/c1-3-4-5-6-7-14-8-9-15(12-13(14)2)16-17-10-11-18-16/h8-12H,3-7H2,1-2H3. The van der Waals surface area contributed by atoms with E-state index in [1.165, 1.54) is 43.2 Å². The van der Waals surface area contributed by atoms with Gasteiger partial charge in [0.15, 0.2) is 0 Å². The summed E-state index contributed by atoms with van der Waals surface area (Å²) in [7, 11) is 0. The minimum atomic E-state index is 0.704. The van der Waals surface area contributed by atoms with Crippen molar-refractivity contribution < 1.29 is 4.42 Å². The molecule has 2 rings (SSSR count). The van der Waals surface area contributed by atoms with Crippen LogP contribution in [-0.4, -0.2) is 4.98 Å². The molecule has 0 aliphatic carbocycles. The molecule has 1 aromatic carbocycles. The lowest BCUT2D eigenvalue weighted by molar-refractivity contribution is 0.574. The average molecular weight is 243 g/mol. The molecule has 0 aliphatic heterocycles. The average Bonchev–Trinajstić information content (AvgIpc) is 2.90. The van der Waals surface area contributed by atoms with Crippen LogP contribution in [0.3, 0.4) is 0 Å². The van der Waals surface area contributed by atoms with Crippen molar-refractivity contribution in [2.75, 3.05) is 0 Å². The van der Waals surface area contributed by atoms with E-state index in [4.69, 9.17) is 4.42 Å². The molecule has 18 heavy (non-hydrogen) atoms. The number of hydrogen-bond acceptors (Lipinski definition) is 2. The zero-order valence-electron chi connectivity index (χ0n) is 11.3. The van der Waals surface area contributed by atoms with Crippen LogP contribution in [0.15, 0.2) is 35.1 Å². The molecule has 0 amide bonds. The highest BCUT2D eigenvalue weighted by Crippen LogP contribution is 2.21. The van der Waals surface area contributed by atoms with Crippen LogP contribution in [0.5, 0.6) is 0 Å². The van der Waals surface area contributed by atoms with Crippen LogP contribution in [0.4, 0.5) is 0 Å². The van der Waals surface area contributed by atoms with Gasteiger partial charge >= 0.3 is 0 Å². The molecule has 1 heterocycles. The van der Waals surface area contributed by atoms with Crippen LogP contribution >= 0.6 is 0 Å². The molecular weight excluding hydrogens is 222 g/mol. The summed E-state index contributed by atoms with van der Waals surface area (Å²) in [5.74, 6) is 0.704. The maximum Gasteiger partial charge on any atom is 0.225 e. The van der Waals surface area contributed by atoms with Crippen molar-refractivity contribution in [1.29, 1.82) is 0 Å². The summed E-state index contributed by atoms with van der Waals surface area (Å²) in [6.07, 6.45) is 9.73. The van der Waals surface area contributed by atoms with Crippen LogP contribution in [0.1, 0.15) is 43.7 Å². The molecule has 0 bridgehead atoms. The lowest BCUT2D eigenvalue weighted by atomic mass is 9.99. The first kappa shape index (κ1) is 12.9.